The van der Waals surface area contributed by atoms with Gasteiger partial charge >= 0.3 is 0 Å². The Morgan fingerprint density at radius 2 is 1.86 bits per heavy atom. The maximum Gasteiger partial charge on any atom is 0.226 e. The first-order valence-corrected chi connectivity index (χ1v) is 9.86. The van der Waals surface area contributed by atoms with Gasteiger partial charge in [-0.1, -0.05) is 13.0 Å². The third kappa shape index (κ3) is 5.19. The first-order chi connectivity index (χ1) is 14.2. The summed E-state index contributed by atoms with van der Waals surface area (Å²) in [7, 11) is 0. The summed E-state index contributed by atoms with van der Waals surface area (Å²) in [6.07, 6.45) is 5.95. The zero-order valence-corrected chi connectivity index (χ0v) is 16.4. The van der Waals surface area contributed by atoms with Crippen LogP contribution >= 0.6 is 0 Å². The van der Waals surface area contributed by atoms with Crippen LogP contribution in [-0.2, 0) is 6.54 Å². The number of halogens is 1. The van der Waals surface area contributed by atoms with E-state index in [4.69, 9.17) is 4.74 Å². The Hall–Kier alpha value is -3.22. The second-order valence-corrected chi connectivity index (χ2v) is 7.32. The number of hydrogen-bond acceptors (Lipinski definition) is 6. The van der Waals surface area contributed by atoms with E-state index in [-0.39, 0.29) is 5.82 Å². The van der Waals surface area contributed by atoms with Crippen molar-refractivity contribution in [2.24, 2.45) is 5.92 Å². The number of nitrogens with one attached hydrogen (secondary N) is 1. The smallest absolute Gasteiger partial charge is 0.226 e. The molecule has 29 heavy (non-hydrogen) atoms. The average Bonchev–Trinajstić information content (AvgIpc) is 2.75. The van der Waals surface area contributed by atoms with Crippen LogP contribution in [0.4, 0.5) is 16.2 Å². The third-order valence-electron chi connectivity index (χ3n) is 5.03. The van der Waals surface area contributed by atoms with Crippen LogP contribution in [-0.4, -0.2) is 28.0 Å². The highest BCUT2D eigenvalue weighted by molar-refractivity contribution is 5.40. The molecule has 6 nitrogen and oxygen atoms in total. The second kappa shape index (κ2) is 8.86. The van der Waals surface area contributed by atoms with Crippen molar-refractivity contribution in [2.75, 3.05) is 23.3 Å². The molecule has 0 spiro atoms. The Morgan fingerprint density at radius 3 is 2.59 bits per heavy atom. The number of pyridine rings is 1. The molecule has 3 heterocycles. The average molecular weight is 393 g/mol. The molecule has 2 aromatic heterocycles. The van der Waals surface area contributed by atoms with Gasteiger partial charge in [-0.2, -0.15) is 4.98 Å². The van der Waals surface area contributed by atoms with Gasteiger partial charge in [0.2, 0.25) is 11.8 Å². The Balaban J connectivity index is 1.33. The minimum atomic E-state index is -0.308. The number of benzene rings is 1. The van der Waals surface area contributed by atoms with Crippen LogP contribution in [0, 0.1) is 11.7 Å². The van der Waals surface area contributed by atoms with Crippen molar-refractivity contribution in [1.82, 2.24) is 15.0 Å². The highest BCUT2D eigenvalue weighted by Gasteiger charge is 2.16. The molecule has 1 aliphatic rings. The molecule has 150 valence electrons. The van der Waals surface area contributed by atoms with Crippen LogP contribution in [0.2, 0.25) is 0 Å². The van der Waals surface area contributed by atoms with Crippen LogP contribution < -0.4 is 15.0 Å². The van der Waals surface area contributed by atoms with Crippen molar-refractivity contribution >= 4 is 11.8 Å². The topological polar surface area (TPSA) is 63.2 Å². The van der Waals surface area contributed by atoms with Gasteiger partial charge in [-0.25, -0.2) is 14.4 Å². The monoisotopic (exact) mass is 393 g/mol. The van der Waals surface area contributed by atoms with Gasteiger partial charge in [0.05, 0.1) is 0 Å². The molecule has 1 N–H and O–H groups in total. The number of aromatic nitrogens is 3. The fourth-order valence-corrected chi connectivity index (χ4v) is 3.23. The number of piperidine rings is 1. The summed E-state index contributed by atoms with van der Waals surface area (Å²) in [5.74, 6) is 2.89. The third-order valence-corrected chi connectivity index (χ3v) is 5.03. The second-order valence-electron chi connectivity index (χ2n) is 7.32. The summed E-state index contributed by atoms with van der Waals surface area (Å²) in [5, 5.41) is 3.19. The van der Waals surface area contributed by atoms with Gasteiger partial charge in [0.1, 0.15) is 17.4 Å². The Labute approximate surface area is 169 Å². The van der Waals surface area contributed by atoms with Gasteiger partial charge in [-0.3, -0.25) is 0 Å². The van der Waals surface area contributed by atoms with Gasteiger partial charge in [-0.05, 0) is 54.7 Å². The fourth-order valence-electron chi connectivity index (χ4n) is 3.23. The van der Waals surface area contributed by atoms with E-state index in [9.17, 15) is 4.39 Å². The van der Waals surface area contributed by atoms with Crippen LogP contribution in [0.3, 0.4) is 0 Å². The SMILES string of the molecule is CC1CCN(c2ccc(CNc3nccc(Oc4ccc(F)cc4)n3)cn2)CC1. The molecule has 0 radical (unpaired) electrons. The summed E-state index contributed by atoms with van der Waals surface area (Å²) in [6, 6.07) is 11.6. The number of ether oxygens (including phenoxy) is 1. The lowest BCUT2D eigenvalue weighted by atomic mass is 9.99. The lowest BCUT2D eigenvalue weighted by Gasteiger charge is -2.31. The molecule has 0 unspecified atom stereocenters. The van der Waals surface area contributed by atoms with Gasteiger partial charge in [0.15, 0.2) is 0 Å². The highest BCUT2D eigenvalue weighted by atomic mass is 19.1. The zero-order chi connectivity index (χ0) is 20.1. The summed E-state index contributed by atoms with van der Waals surface area (Å²) in [4.78, 5) is 15.5. The summed E-state index contributed by atoms with van der Waals surface area (Å²) < 4.78 is 18.6. The highest BCUT2D eigenvalue weighted by Crippen LogP contribution is 2.22. The molecule has 4 rings (SSSR count). The van der Waals surface area contributed by atoms with Gasteiger partial charge in [-0.15, -0.1) is 0 Å². The van der Waals surface area contributed by atoms with E-state index in [1.54, 1.807) is 24.4 Å². The number of hydrogen-bond donors (Lipinski definition) is 1. The van der Waals surface area contributed by atoms with E-state index in [0.717, 1.165) is 30.4 Å². The molecule has 1 aliphatic heterocycles. The first-order valence-electron chi connectivity index (χ1n) is 9.86. The number of anilines is 2. The van der Waals surface area contributed by atoms with Crippen molar-refractivity contribution in [1.29, 1.82) is 0 Å². The minimum Gasteiger partial charge on any atom is -0.439 e. The molecule has 1 fully saturated rings. The van der Waals surface area contributed by atoms with Crippen molar-refractivity contribution in [3.05, 3.63) is 66.2 Å². The van der Waals surface area contributed by atoms with E-state index in [1.165, 1.54) is 25.0 Å². The van der Waals surface area contributed by atoms with Crippen LogP contribution in [0.1, 0.15) is 25.3 Å². The standard InChI is InChI=1S/C22H24FN5O/c1-16-9-12-28(13-10-16)20-7-2-17(14-25-20)15-26-22-24-11-8-21(27-22)29-19-5-3-18(23)4-6-19/h2-8,11,14,16H,9-10,12-13,15H2,1H3,(H,24,26,27). The summed E-state index contributed by atoms with van der Waals surface area (Å²) in [5.41, 5.74) is 1.05. The molecule has 0 aliphatic carbocycles. The van der Waals surface area contributed by atoms with Crippen LogP contribution in [0.5, 0.6) is 11.6 Å². The van der Waals surface area contributed by atoms with Crippen molar-refractivity contribution < 1.29 is 9.13 Å². The van der Waals surface area contributed by atoms with Crippen molar-refractivity contribution in [3.63, 3.8) is 0 Å². The van der Waals surface area contributed by atoms with Gasteiger partial charge in [0.25, 0.3) is 0 Å². The predicted octanol–water partition coefficient (Wildman–Crippen LogP) is 4.65. The molecule has 0 amide bonds. The number of nitrogens with zero attached hydrogens (tertiary/aromatic N) is 4. The molecule has 1 saturated heterocycles. The minimum absolute atomic E-state index is 0.308. The van der Waals surface area contributed by atoms with Crippen molar-refractivity contribution in [2.45, 2.75) is 26.3 Å². The molecule has 1 aromatic carbocycles. The van der Waals surface area contributed by atoms with E-state index < -0.39 is 0 Å². The summed E-state index contributed by atoms with van der Waals surface area (Å²) >= 11 is 0. The van der Waals surface area contributed by atoms with E-state index in [2.05, 4.69) is 44.2 Å². The van der Waals surface area contributed by atoms with E-state index >= 15 is 0 Å². The quantitative estimate of drug-likeness (QED) is 0.658. The molecule has 0 atom stereocenters. The first kappa shape index (κ1) is 19.1. The van der Waals surface area contributed by atoms with Crippen molar-refractivity contribution in [3.8, 4) is 11.6 Å². The molecule has 0 saturated carbocycles. The predicted molar refractivity (Wildman–Crippen MR) is 111 cm³/mol. The van der Waals surface area contributed by atoms with Crippen LogP contribution in [0.25, 0.3) is 0 Å². The maximum atomic E-state index is 13.0. The van der Waals surface area contributed by atoms with E-state index in [1.807, 2.05) is 6.20 Å². The molecule has 7 heteroatoms. The molecule has 0 bridgehead atoms. The normalized spacial score (nSPS) is 14.6. The molecule has 3 aromatic rings. The lowest BCUT2D eigenvalue weighted by molar-refractivity contribution is 0.436. The Kier molecular flexibility index (Phi) is 5.84. The Morgan fingerprint density at radius 1 is 1.07 bits per heavy atom. The molecular formula is C22H24FN5O. The lowest BCUT2D eigenvalue weighted by Crippen LogP contribution is -2.33. The fraction of sp³-hybridized carbons (Fsp3) is 0.318. The largest absolute Gasteiger partial charge is 0.439 e. The zero-order valence-electron chi connectivity index (χ0n) is 16.4. The maximum absolute atomic E-state index is 13.0. The molecular weight excluding hydrogens is 369 g/mol. The van der Waals surface area contributed by atoms with E-state index in [0.29, 0.717) is 24.1 Å². The van der Waals surface area contributed by atoms with Gasteiger partial charge < -0.3 is 15.0 Å². The Bertz CT molecular complexity index is 925. The van der Waals surface area contributed by atoms with Gasteiger partial charge in [0, 0.05) is 38.1 Å². The number of rotatable bonds is 6. The summed E-state index contributed by atoms with van der Waals surface area (Å²) in [6.45, 7) is 5.01. The van der Waals surface area contributed by atoms with Crippen LogP contribution in [0.15, 0.2) is 54.9 Å².